The molecule has 3 fully saturated rings. The fraction of sp³-hybridized carbons (Fsp3) is 0.524. The molecule has 3 N–H and O–H groups in total. The molecule has 0 aromatic heterocycles. The van der Waals surface area contributed by atoms with E-state index in [4.69, 9.17) is 0 Å². The summed E-state index contributed by atoms with van der Waals surface area (Å²) >= 11 is 0. The van der Waals surface area contributed by atoms with E-state index in [-0.39, 0.29) is 24.2 Å². The number of imide groups is 2. The molecule has 3 heterocycles. The number of carbonyl (C=O) groups excluding carboxylic acids is 4. The second-order valence-electron chi connectivity index (χ2n) is 8.62. The van der Waals surface area contributed by atoms with E-state index < -0.39 is 23.8 Å². The third-order valence-electron chi connectivity index (χ3n) is 6.80. The van der Waals surface area contributed by atoms with E-state index in [1.807, 2.05) is 6.07 Å². The molecular formula is C21H24N4O4. The summed E-state index contributed by atoms with van der Waals surface area (Å²) in [4.78, 5) is 50.2. The molecule has 2 saturated heterocycles. The van der Waals surface area contributed by atoms with Gasteiger partial charge in [0.15, 0.2) is 0 Å². The van der Waals surface area contributed by atoms with Crippen LogP contribution in [0.2, 0.25) is 0 Å². The van der Waals surface area contributed by atoms with Crippen LogP contribution in [0.3, 0.4) is 0 Å². The van der Waals surface area contributed by atoms with Crippen LogP contribution in [0, 0.1) is 11.3 Å². The Labute approximate surface area is 168 Å². The first-order valence-electron chi connectivity index (χ1n) is 10.3. The lowest BCUT2D eigenvalue weighted by atomic mass is 9.81. The molecule has 4 aliphatic rings. The predicted molar refractivity (Wildman–Crippen MR) is 104 cm³/mol. The van der Waals surface area contributed by atoms with Crippen LogP contribution in [0.4, 0.5) is 5.69 Å². The first kappa shape index (κ1) is 18.3. The number of piperidine rings is 1. The van der Waals surface area contributed by atoms with Gasteiger partial charge < -0.3 is 10.6 Å². The molecule has 0 radical (unpaired) electrons. The predicted octanol–water partition coefficient (Wildman–Crippen LogP) is 0.889. The molecule has 1 saturated carbocycles. The van der Waals surface area contributed by atoms with E-state index in [2.05, 4.69) is 16.0 Å². The Bertz CT molecular complexity index is 917. The highest BCUT2D eigenvalue weighted by Crippen LogP contribution is 2.49. The summed E-state index contributed by atoms with van der Waals surface area (Å²) < 4.78 is 0. The van der Waals surface area contributed by atoms with Crippen molar-refractivity contribution in [3.63, 3.8) is 0 Å². The molecule has 8 heteroatoms. The van der Waals surface area contributed by atoms with Gasteiger partial charge in [0.2, 0.25) is 11.8 Å². The second-order valence-corrected chi connectivity index (χ2v) is 8.62. The Morgan fingerprint density at radius 3 is 2.55 bits per heavy atom. The molecule has 1 aliphatic carbocycles. The molecule has 152 valence electrons. The highest BCUT2D eigenvalue weighted by Gasteiger charge is 2.47. The average Bonchev–Trinajstić information content (AvgIpc) is 3.41. The van der Waals surface area contributed by atoms with Gasteiger partial charge in [0.25, 0.3) is 11.8 Å². The maximum absolute atomic E-state index is 12.9. The number of amides is 4. The molecule has 0 spiro atoms. The van der Waals surface area contributed by atoms with Gasteiger partial charge in [-0.2, -0.15) is 0 Å². The van der Waals surface area contributed by atoms with Crippen LogP contribution in [-0.4, -0.2) is 54.2 Å². The molecule has 1 aromatic carbocycles. The van der Waals surface area contributed by atoms with Gasteiger partial charge >= 0.3 is 0 Å². The summed E-state index contributed by atoms with van der Waals surface area (Å²) in [5.41, 5.74) is 1.69. The molecule has 4 amide bonds. The molecule has 0 bridgehead atoms. The van der Waals surface area contributed by atoms with Gasteiger partial charge in [-0.1, -0.05) is 0 Å². The number of carbonyl (C=O) groups is 4. The molecule has 1 aromatic rings. The number of nitrogens with one attached hydrogen (secondary N) is 3. The van der Waals surface area contributed by atoms with Crippen molar-refractivity contribution in [3.8, 4) is 0 Å². The Balaban J connectivity index is 1.34. The first-order chi connectivity index (χ1) is 14.0. The van der Waals surface area contributed by atoms with Gasteiger partial charge in [0.05, 0.1) is 11.1 Å². The second kappa shape index (κ2) is 6.66. The monoisotopic (exact) mass is 396 g/mol. The van der Waals surface area contributed by atoms with Gasteiger partial charge in [0, 0.05) is 30.6 Å². The average molecular weight is 396 g/mol. The number of rotatable bonds is 5. The highest BCUT2D eigenvalue weighted by atomic mass is 16.2. The van der Waals surface area contributed by atoms with Crippen molar-refractivity contribution in [1.29, 1.82) is 0 Å². The van der Waals surface area contributed by atoms with E-state index >= 15 is 0 Å². The summed E-state index contributed by atoms with van der Waals surface area (Å²) in [7, 11) is 0. The third-order valence-corrected chi connectivity index (χ3v) is 6.80. The fourth-order valence-electron chi connectivity index (χ4n) is 4.96. The summed E-state index contributed by atoms with van der Waals surface area (Å²) in [6.07, 6.45) is 3.99. The molecule has 3 aliphatic heterocycles. The van der Waals surface area contributed by atoms with Crippen LogP contribution >= 0.6 is 0 Å². The lowest BCUT2D eigenvalue weighted by Gasteiger charge is -2.29. The van der Waals surface area contributed by atoms with Crippen molar-refractivity contribution < 1.29 is 19.2 Å². The van der Waals surface area contributed by atoms with Crippen molar-refractivity contribution in [1.82, 2.24) is 15.5 Å². The quantitative estimate of drug-likeness (QED) is 0.638. The topological polar surface area (TPSA) is 108 Å². The lowest BCUT2D eigenvalue weighted by molar-refractivity contribution is -0.136. The zero-order valence-corrected chi connectivity index (χ0v) is 16.1. The Hall–Kier alpha value is -2.74. The Morgan fingerprint density at radius 2 is 1.86 bits per heavy atom. The highest BCUT2D eigenvalue weighted by molar-refractivity contribution is 6.23. The van der Waals surface area contributed by atoms with E-state index in [1.165, 1.54) is 12.8 Å². The van der Waals surface area contributed by atoms with Gasteiger partial charge in [-0.15, -0.1) is 0 Å². The van der Waals surface area contributed by atoms with Crippen LogP contribution in [0.1, 0.15) is 52.8 Å². The Morgan fingerprint density at radius 1 is 1.07 bits per heavy atom. The maximum Gasteiger partial charge on any atom is 0.262 e. The SMILES string of the molecule is O=C1CCC(N2C(=O)c3ccc(NCC4(C5CC5)CCNC4)cc3C2=O)C(=O)N1. The van der Waals surface area contributed by atoms with Crippen molar-refractivity contribution in [2.45, 2.75) is 38.1 Å². The van der Waals surface area contributed by atoms with Crippen molar-refractivity contribution in [3.05, 3.63) is 29.3 Å². The van der Waals surface area contributed by atoms with Crippen LogP contribution in [0.25, 0.3) is 0 Å². The normalized spacial score (nSPS) is 29.2. The molecule has 5 rings (SSSR count). The summed E-state index contributed by atoms with van der Waals surface area (Å²) in [5.74, 6) is -1.15. The van der Waals surface area contributed by atoms with E-state index in [0.717, 1.165) is 42.6 Å². The lowest BCUT2D eigenvalue weighted by Crippen LogP contribution is -2.54. The minimum atomic E-state index is -0.931. The van der Waals surface area contributed by atoms with Gasteiger partial charge in [-0.05, 0) is 56.3 Å². The van der Waals surface area contributed by atoms with E-state index in [0.29, 0.717) is 11.1 Å². The van der Waals surface area contributed by atoms with Crippen molar-refractivity contribution in [2.75, 3.05) is 25.0 Å². The summed E-state index contributed by atoms with van der Waals surface area (Å²) in [5, 5.41) is 9.16. The molecule has 29 heavy (non-hydrogen) atoms. The fourth-order valence-corrected chi connectivity index (χ4v) is 4.96. The maximum atomic E-state index is 12.9. The van der Waals surface area contributed by atoms with Crippen LogP contribution < -0.4 is 16.0 Å². The van der Waals surface area contributed by atoms with Crippen LogP contribution in [0.5, 0.6) is 0 Å². The molecule has 8 nitrogen and oxygen atoms in total. The van der Waals surface area contributed by atoms with Crippen LogP contribution in [-0.2, 0) is 9.59 Å². The number of anilines is 1. The number of fused-ring (bicyclic) bond motifs is 1. The third kappa shape index (κ3) is 3.02. The number of hydrogen-bond acceptors (Lipinski definition) is 6. The molecule has 2 unspecified atom stereocenters. The standard InChI is InChI=1S/C21H24N4O4/c26-17-6-5-16(18(27)24-17)25-19(28)14-4-3-13(9-15(14)20(25)29)23-11-21(12-1-2-12)7-8-22-10-21/h3-4,9,12,16,22-23H,1-2,5-8,10-11H2,(H,24,26,27). The van der Waals surface area contributed by atoms with E-state index in [1.54, 1.807) is 12.1 Å². The minimum Gasteiger partial charge on any atom is -0.384 e. The van der Waals surface area contributed by atoms with E-state index in [9.17, 15) is 19.2 Å². The number of nitrogens with zero attached hydrogens (tertiary/aromatic N) is 1. The van der Waals surface area contributed by atoms with Crippen molar-refractivity contribution >= 4 is 29.3 Å². The summed E-state index contributed by atoms with van der Waals surface area (Å²) in [6.45, 7) is 2.88. The molecular weight excluding hydrogens is 372 g/mol. The smallest absolute Gasteiger partial charge is 0.262 e. The van der Waals surface area contributed by atoms with Gasteiger partial charge in [0.1, 0.15) is 6.04 Å². The molecule has 2 atom stereocenters. The number of benzene rings is 1. The number of hydrogen-bond donors (Lipinski definition) is 3. The minimum absolute atomic E-state index is 0.119. The van der Waals surface area contributed by atoms with Crippen LogP contribution in [0.15, 0.2) is 18.2 Å². The largest absolute Gasteiger partial charge is 0.384 e. The van der Waals surface area contributed by atoms with Gasteiger partial charge in [-0.25, -0.2) is 0 Å². The van der Waals surface area contributed by atoms with Crippen molar-refractivity contribution in [2.24, 2.45) is 11.3 Å². The van der Waals surface area contributed by atoms with Gasteiger partial charge in [-0.3, -0.25) is 29.4 Å². The zero-order valence-electron chi connectivity index (χ0n) is 16.1. The first-order valence-corrected chi connectivity index (χ1v) is 10.3. The summed E-state index contributed by atoms with van der Waals surface area (Å²) in [6, 6.07) is 4.26. The Kier molecular flexibility index (Phi) is 4.20. The zero-order chi connectivity index (χ0) is 20.2.